The van der Waals surface area contributed by atoms with Gasteiger partial charge in [-0.25, -0.2) is 8.78 Å². The maximum atomic E-state index is 12.9. The molecule has 20 heavy (non-hydrogen) atoms. The smallest absolute Gasteiger partial charge is 0.243 e. The summed E-state index contributed by atoms with van der Waals surface area (Å²) < 4.78 is 25.6. The lowest BCUT2D eigenvalue weighted by Crippen LogP contribution is -2.22. The van der Waals surface area contributed by atoms with Crippen LogP contribution in [0.5, 0.6) is 0 Å². The van der Waals surface area contributed by atoms with E-state index in [0.29, 0.717) is 11.4 Å². The lowest BCUT2D eigenvalue weighted by Gasteiger charge is -2.10. The Labute approximate surface area is 115 Å². The SMILES string of the molecule is Cc1cc(F)ccc1NCC(=O)Nc1ccc(F)cc1. The van der Waals surface area contributed by atoms with Gasteiger partial charge in [-0.15, -0.1) is 0 Å². The minimum atomic E-state index is -0.358. The zero-order chi connectivity index (χ0) is 14.5. The van der Waals surface area contributed by atoms with Gasteiger partial charge in [0.15, 0.2) is 0 Å². The number of halogens is 2. The highest BCUT2D eigenvalue weighted by Gasteiger charge is 2.04. The van der Waals surface area contributed by atoms with Crippen LogP contribution in [0.4, 0.5) is 20.2 Å². The molecule has 0 heterocycles. The van der Waals surface area contributed by atoms with Crippen LogP contribution in [-0.4, -0.2) is 12.5 Å². The van der Waals surface area contributed by atoms with Gasteiger partial charge < -0.3 is 10.6 Å². The van der Waals surface area contributed by atoms with Crippen molar-refractivity contribution in [1.82, 2.24) is 0 Å². The molecule has 0 fully saturated rings. The zero-order valence-corrected chi connectivity index (χ0v) is 10.9. The van der Waals surface area contributed by atoms with Gasteiger partial charge in [0.05, 0.1) is 6.54 Å². The van der Waals surface area contributed by atoms with Gasteiger partial charge in [-0.1, -0.05) is 0 Å². The summed E-state index contributed by atoms with van der Waals surface area (Å²) >= 11 is 0. The normalized spacial score (nSPS) is 10.2. The first-order valence-corrected chi connectivity index (χ1v) is 6.10. The Morgan fingerprint density at radius 1 is 1.05 bits per heavy atom. The standard InChI is InChI=1S/C15H14F2N2O/c1-10-8-12(17)4-7-14(10)18-9-15(20)19-13-5-2-11(16)3-6-13/h2-8,18H,9H2,1H3,(H,19,20). The summed E-state index contributed by atoms with van der Waals surface area (Å²) in [5, 5.41) is 5.55. The molecule has 0 aliphatic carbocycles. The van der Waals surface area contributed by atoms with E-state index in [2.05, 4.69) is 10.6 Å². The van der Waals surface area contributed by atoms with E-state index in [1.165, 1.54) is 36.4 Å². The number of rotatable bonds is 4. The molecule has 0 aliphatic heterocycles. The second-order valence-corrected chi connectivity index (χ2v) is 4.37. The van der Waals surface area contributed by atoms with Gasteiger partial charge in [-0.3, -0.25) is 4.79 Å². The summed E-state index contributed by atoms with van der Waals surface area (Å²) in [4.78, 5) is 11.7. The number of carbonyl (C=O) groups excluding carboxylic acids is 1. The van der Waals surface area contributed by atoms with Crippen LogP contribution in [0.2, 0.25) is 0 Å². The Balaban J connectivity index is 1.90. The Kier molecular flexibility index (Phi) is 4.30. The summed E-state index contributed by atoms with van der Waals surface area (Å²) in [7, 11) is 0. The van der Waals surface area contributed by atoms with E-state index in [0.717, 1.165) is 5.56 Å². The molecule has 2 aromatic carbocycles. The molecule has 5 heteroatoms. The molecule has 0 aliphatic rings. The number of carbonyl (C=O) groups is 1. The first kappa shape index (κ1) is 14.0. The summed E-state index contributed by atoms with van der Waals surface area (Å²) in [6.07, 6.45) is 0. The Morgan fingerprint density at radius 2 is 1.70 bits per heavy atom. The topological polar surface area (TPSA) is 41.1 Å². The number of benzene rings is 2. The third-order valence-electron chi connectivity index (χ3n) is 2.76. The van der Waals surface area contributed by atoms with Crippen LogP contribution < -0.4 is 10.6 Å². The predicted octanol–water partition coefficient (Wildman–Crippen LogP) is 3.32. The highest BCUT2D eigenvalue weighted by Crippen LogP contribution is 2.15. The number of hydrogen-bond donors (Lipinski definition) is 2. The Hall–Kier alpha value is -2.43. The third-order valence-corrected chi connectivity index (χ3v) is 2.76. The molecular weight excluding hydrogens is 262 g/mol. The molecule has 0 saturated heterocycles. The summed E-state index contributed by atoms with van der Waals surface area (Å²) in [5.74, 6) is -0.938. The van der Waals surface area contributed by atoms with Crippen LogP contribution in [0, 0.1) is 18.6 Å². The van der Waals surface area contributed by atoms with E-state index >= 15 is 0 Å². The van der Waals surface area contributed by atoms with E-state index < -0.39 is 0 Å². The summed E-state index contributed by atoms with van der Waals surface area (Å²) in [5.41, 5.74) is 1.94. The van der Waals surface area contributed by atoms with Crippen LogP contribution in [0.15, 0.2) is 42.5 Å². The van der Waals surface area contributed by atoms with Crippen molar-refractivity contribution in [1.29, 1.82) is 0 Å². The summed E-state index contributed by atoms with van der Waals surface area (Å²) in [6, 6.07) is 9.80. The number of anilines is 2. The molecule has 0 saturated carbocycles. The number of hydrogen-bond acceptors (Lipinski definition) is 2. The molecule has 0 spiro atoms. The van der Waals surface area contributed by atoms with Crippen LogP contribution in [0.1, 0.15) is 5.56 Å². The number of aryl methyl sites for hydroxylation is 1. The molecule has 0 bridgehead atoms. The fourth-order valence-electron chi connectivity index (χ4n) is 1.74. The van der Waals surface area contributed by atoms with Crippen molar-refractivity contribution in [3.63, 3.8) is 0 Å². The van der Waals surface area contributed by atoms with Gasteiger partial charge in [-0.2, -0.15) is 0 Å². The molecule has 2 rings (SSSR count). The molecule has 2 N–H and O–H groups in total. The van der Waals surface area contributed by atoms with Crippen LogP contribution in [0.25, 0.3) is 0 Å². The molecule has 1 amide bonds. The van der Waals surface area contributed by atoms with E-state index in [1.807, 2.05) is 0 Å². The first-order valence-electron chi connectivity index (χ1n) is 6.10. The maximum Gasteiger partial charge on any atom is 0.243 e. The largest absolute Gasteiger partial charge is 0.376 e. The zero-order valence-electron chi connectivity index (χ0n) is 10.9. The molecule has 0 radical (unpaired) electrons. The van der Waals surface area contributed by atoms with Crippen molar-refractivity contribution >= 4 is 17.3 Å². The minimum absolute atomic E-state index is 0.0455. The van der Waals surface area contributed by atoms with Crippen LogP contribution in [0.3, 0.4) is 0 Å². The fraction of sp³-hybridized carbons (Fsp3) is 0.133. The predicted molar refractivity (Wildman–Crippen MR) is 74.7 cm³/mol. The van der Waals surface area contributed by atoms with Crippen LogP contribution >= 0.6 is 0 Å². The van der Waals surface area contributed by atoms with Crippen molar-refractivity contribution in [2.45, 2.75) is 6.92 Å². The highest BCUT2D eigenvalue weighted by molar-refractivity contribution is 5.93. The molecule has 0 atom stereocenters. The van der Waals surface area contributed by atoms with Gasteiger partial charge in [0.1, 0.15) is 11.6 Å². The van der Waals surface area contributed by atoms with E-state index in [1.54, 1.807) is 13.0 Å². The molecule has 0 aromatic heterocycles. The minimum Gasteiger partial charge on any atom is -0.376 e. The van der Waals surface area contributed by atoms with Gasteiger partial charge in [0.25, 0.3) is 0 Å². The molecule has 2 aromatic rings. The van der Waals surface area contributed by atoms with E-state index in [-0.39, 0.29) is 24.1 Å². The van der Waals surface area contributed by atoms with Crippen LogP contribution in [-0.2, 0) is 4.79 Å². The molecule has 3 nitrogen and oxygen atoms in total. The second-order valence-electron chi connectivity index (χ2n) is 4.37. The average Bonchev–Trinajstić information content (AvgIpc) is 2.40. The van der Waals surface area contributed by atoms with Crippen molar-refractivity contribution in [2.24, 2.45) is 0 Å². The molecule has 0 unspecified atom stereocenters. The molecule has 104 valence electrons. The van der Waals surface area contributed by atoms with Crippen molar-refractivity contribution in [3.8, 4) is 0 Å². The summed E-state index contributed by atoms with van der Waals surface area (Å²) in [6.45, 7) is 1.80. The van der Waals surface area contributed by atoms with E-state index in [4.69, 9.17) is 0 Å². The fourth-order valence-corrected chi connectivity index (χ4v) is 1.74. The highest BCUT2D eigenvalue weighted by atomic mass is 19.1. The lowest BCUT2D eigenvalue weighted by atomic mass is 10.2. The quantitative estimate of drug-likeness (QED) is 0.899. The van der Waals surface area contributed by atoms with Crippen molar-refractivity contribution < 1.29 is 13.6 Å². The van der Waals surface area contributed by atoms with Crippen molar-refractivity contribution in [3.05, 3.63) is 59.7 Å². The van der Waals surface area contributed by atoms with Crippen molar-refractivity contribution in [2.75, 3.05) is 17.2 Å². The van der Waals surface area contributed by atoms with Gasteiger partial charge in [0.2, 0.25) is 5.91 Å². The first-order chi connectivity index (χ1) is 9.54. The monoisotopic (exact) mass is 276 g/mol. The lowest BCUT2D eigenvalue weighted by molar-refractivity contribution is -0.114. The third kappa shape index (κ3) is 3.78. The van der Waals surface area contributed by atoms with Gasteiger partial charge >= 0.3 is 0 Å². The van der Waals surface area contributed by atoms with E-state index in [9.17, 15) is 13.6 Å². The maximum absolute atomic E-state index is 12.9. The Morgan fingerprint density at radius 3 is 2.35 bits per heavy atom. The Bertz CT molecular complexity index is 612. The number of amides is 1. The average molecular weight is 276 g/mol. The van der Waals surface area contributed by atoms with Gasteiger partial charge in [0, 0.05) is 11.4 Å². The van der Waals surface area contributed by atoms with Gasteiger partial charge in [-0.05, 0) is 55.0 Å². The number of nitrogens with one attached hydrogen (secondary N) is 2. The second kappa shape index (κ2) is 6.14. The molecular formula is C15H14F2N2O.